The average Bonchev–Trinajstić information content (AvgIpc) is 2.81. The van der Waals surface area contributed by atoms with Crippen LogP contribution in [0.2, 0.25) is 0 Å². The monoisotopic (exact) mass is 1210 g/mol. The maximum atomic E-state index is 10.7. The normalized spacial score (nSPS) is 30.0. The molecule has 4 saturated heterocycles. The number of nitrogens with zero attached hydrogens (tertiary/aromatic N) is 2. The second kappa shape index (κ2) is 24.9. The first-order chi connectivity index (χ1) is 42.5. The number of ether oxygens (including phenoxy) is 8. The molecule has 13 rings (SSSR count). The smallest absolute Gasteiger partial charge is 0.228 e. The van der Waals surface area contributed by atoms with Gasteiger partial charge < -0.3 is 109 Å². The number of aryl methyl sites for hydroxylation is 4. The van der Waals surface area contributed by atoms with Crippen LogP contribution in [0.5, 0.6) is 23.0 Å². The van der Waals surface area contributed by atoms with E-state index in [1.165, 1.54) is 0 Å². The summed E-state index contributed by atoms with van der Waals surface area (Å²) in [5, 5.41) is 125. The fourth-order valence-electron chi connectivity index (χ4n) is 11.9. The van der Waals surface area contributed by atoms with E-state index in [0.717, 1.165) is 67.3 Å². The molecule has 0 amide bonds. The topological polar surface area (TPSA) is 374 Å². The van der Waals surface area contributed by atoms with Crippen molar-refractivity contribution in [1.82, 2.24) is 19.9 Å². The standard InChI is InChI=1S/C64H66N4O20/c69-45-25-81-61(57(77)53(45)73)85-33-9-1-29(2-10-33)49-37-17-19-39(65-37)50(30-3-11-34(12-4-30)86-62-58(78)54(74)46(70)26-82-62)41-21-23-43(67-41)52(32-7-15-36(16-8-32)88-64-60(80)56(76)48(72)28-84-64)44-24-22-42(68-44)51(40-20-18-38(49)66-40)31-5-13-35(14-6-31)87-63-59(79)55(75)47(71)27-83-63/h1-17,19,22,24,45-48,53-65,68-80H,18,20-21,23,25-28H2/t45-,46-,47-,48-,53-,54-,55-,56-,57+,58+,59+,60+,61?,62?,63?,64?/m1/s1. The largest absolute Gasteiger partial charge is 0.462 e. The summed E-state index contributed by atoms with van der Waals surface area (Å²) in [5.41, 5.74) is 11.7. The van der Waals surface area contributed by atoms with E-state index < -0.39 is 98.4 Å². The number of aromatic nitrogens is 4. The van der Waals surface area contributed by atoms with E-state index in [9.17, 15) is 61.3 Å². The quantitative estimate of drug-likeness (QED) is 0.0830. The van der Waals surface area contributed by atoms with Gasteiger partial charge in [-0.1, -0.05) is 48.5 Å². The van der Waals surface area contributed by atoms with Crippen LogP contribution >= 0.6 is 0 Å². The molecule has 88 heavy (non-hydrogen) atoms. The number of nitrogens with one attached hydrogen (secondary N) is 2. The number of H-pyrrole nitrogens is 2. The highest BCUT2D eigenvalue weighted by atomic mass is 16.7. The van der Waals surface area contributed by atoms with Crippen LogP contribution < -0.4 is 18.9 Å². The Labute approximate surface area is 501 Å². The number of aliphatic hydroxyl groups is 12. The van der Waals surface area contributed by atoms with Gasteiger partial charge in [-0.15, -0.1) is 0 Å². The Bertz CT molecular complexity index is 3310. The van der Waals surface area contributed by atoms with Crippen molar-refractivity contribution in [3.63, 3.8) is 0 Å². The Morgan fingerprint density at radius 1 is 0.284 bits per heavy atom. The van der Waals surface area contributed by atoms with E-state index in [2.05, 4.69) is 9.97 Å². The zero-order valence-electron chi connectivity index (χ0n) is 47.0. The Hall–Kier alpha value is -7.44. The molecule has 7 aromatic rings. The molecule has 9 heterocycles. The molecule has 0 saturated carbocycles. The number of rotatable bonds is 12. The lowest BCUT2D eigenvalue weighted by Gasteiger charge is -2.34. The van der Waals surface area contributed by atoms with E-state index in [1.807, 2.05) is 72.8 Å². The first kappa shape index (κ1) is 59.5. The van der Waals surface area contributed by atoms with E-state index in [1.54, 1.807) is 48.5 Å². The summed E-state index contributed by atoms with van der Waals surface area (Å²) in [6.45, 7) is -0.955. The van der Waals surface area contributed by atoms with Gasteiger partial charge in [0.05, 0.1) is 49.2 Å². The minimum absolute atomic E-state index is 0.239. The summed E-state index contributed by atoms with van der Waals surface area (Å²) in [6, 6.07) is 36.5. The molecule has 24 nitrogen and oxygen atoms in total. The Kier molecular flexibility index (Phi) is 16.8. The number of hydrogen-bond donors (Lipinski definition) is 14. The zero-order valence-corrected chi connectivity index (χ0v) is 47.0. The molecule has 0 radical (unpaired) electrons. The summed E-state index contributed by atoms with van der Waals surface area (Å²) in [6.07, 6.45) is -20.2. The lowest BCUT2D eigenvalue weighted by Crippen LogP contribution is -2.54. The van der Waals surface area contributed by atoms with E-state index >= 15 is 0 Å². The molecule has 4 aromatic carbocycles. The van der Waals surface area contributed by atoms with Gasteiger partial charge in [0.25, 0.3) is 0 Å². The first-order valence-electron chi connectivity index (χ1n) is 29.0. The van der Waals surface area contributed by atoms with Gasteiger partial charge in [0.15, 0.2) is 0 Å². The van der Waals surface area contributed by atoms with Crippen LogP contribution in [-0.2, 0) is 44.6 Å². The van der Waals surface area contributed by atoms with Gasteiger partial charge in [0.2, 0.25) is 25.2 Å². The predicted octanol–water partition coefficient (Wildman–Crippen LogP) is 1.82. The third kappa shape index (κ3) is 11.7. The Balaban J connectivity index is 0.982. The van der Waals surface area contributed by atoms with Crippen LogP contribution in [0.25, 0.3) is 66.6 Å². The summed E-state index contributed by atoms with van der Waals surface area (Å²) < 4.78 is 46.2. The van der Waals surface area contributed by atoms with Gasteiger partial charge >= 0.3 is 0 Å². The second-order valence-electron chi connectivity index (χ2n) is 22.7. The molecule has 0 spiro atoms. The molecule has 6 aliphatic heterocycles. The molecule has 6 aliphatic rings. The molecule has 24 heteroatoms. The molecule has 462 valence electrons. The average molecular weight is 1210 g/mol. The maximum absolute atomic E-state index is 10.7. The van der Waals surface area contributed by atoms with Gasteiger partial charge in [0, 0.05) is 44.3 Å². The fourth-order valence-corrected chi connectivity index (χ4v) is 11.9. The highest BCUT2D eigenvalue weighted by Crippen LogP contribution is 2.40. The minimum atomic E-state index is -1.52. The number of aromatic amines is 2. The second-order valence-corrected chi connectivity index (χ2v) is 22.7. The third-order valence-electron chi connectivity index (χ3n) is 16.7. The van der Waals surface area contributed by atoms with Crippen LogP contribution in [0.15, 0.2) is 121 Å². The molecule has 8 bridgehead atoms. The van der Waals surface area contributed by atoms with E-state index in [0.29, 0.717) is 70.7 Å². The van der Waals surface area contributed by atoms with Gasteiger partial charge in [0.1, 0.15) is 96.2 Å². The van der Waals surface area contributed by atoms with Crippen molar-refractivity contribution in [3.8, 4) is 67.5 Å². The van der Waals surface area contributed by atoms with Crippen LogP contribution in [0, 0.1) is 0 Å². The molecule has 14 N–H and O–H groups in total. The first-order valence-corrected chi connectivity index (χ1v) is 29.0. The van der Waals surface area contributed by atoms with Gasteiger partial charge in [-0.25, -0.2) is 0 Å². The third-order valence-corrected chi connectivity index (χ3v) is 16.7. The molecular formula is C64H66N4O20. The highest BCUT2D eigenvalue weighted by Gasteiger charge is 2.42. The van der Waals surface area contributed by atoms with Crippen molar-refractivity contribution in [2.24, 2.45) is 0 Å². The highest BCUT2D eigenvalue weighted by molar-refractivity contribution is 5.92. The number of aliphatic hydroxyl groups excluding tert-OH is 12. The number of hydrogen-bond acceptors (Lipinski definition) is 22. The fraction of sp³-hybridized carbons (Fsp3) is 0.375. The van der Waals surface area contributed by atoms with Crippen molar-refractivity contribution in [3.05, 3.63) is 144 Å². The molecule has 0 aliphatic carbocycles. The van der Waals surface area contributed by atoms with E-state index in [-0.39, 0.29) is 26.4 Å². The van der Waals surface area contributed by atoms with Gasteiger partial charge in [-0.05, 0) is 121 Å². The molecule has 4 unspecified atom stereocenters. The van der Waals surface area contributed by atoms with Gasteiger partial charge in [-0.2, -0.15) is 0 Å². The number of benzene rings is 4. The van der Waals surface area contributed by atoms with Gasteiger partial charge in [-0.3, -0.25) is 9.97 Å². The van der Waals surface area contributed by atoms with Crippen LogP contribution in [0.4, 0.5) is 0 Å². The molecule has 16 atom stereocenters. The summed E-state index contributed by atoms with van der Waals surface area (Å²) in [4.78, 5) is 18.5. The van der Waals surface area contributed by atoms with Crippen molar-refractivity contribution >= 4 is 22.1 Å². The lowest BCUT2D eigenvalue weighted by molar-refractivity contribution is -0.242. The van der Waals surface area contributed by atoms with Crippen molar-refractivity contribution < 1.29 is 99.2 Å². The predicted molar refractivity (Wildman–Crippen MR) is 311 cm³/mol. The van der Waals surface area contributed by atoms with Crippen molar-refractivity contribution in [1.29, 1.82) is 0 Å². The van der Waals surface area contributed by atoms with Crippen molar-refractivity contribution in [2.45, 2.75) is 124 Å². The van der Waals surface area contributed by atoms with Crippen LogP contribution in [-0.4, -0.2) is 206 Å². The zero-order chi connectivity index (χ0) is 61.1. The van der Waals surface area contributed by atoms with Crippen LogP contribution in [0.1, 0.15) is 22.8 Å². The minimum Gasteiger partial charge on any atom is -0.462 e. The lowest BCUT2D eigenvalue weighted by atomic mass is 10.0. The summed E-state index contributed by atoms with van der Waals surface area (Å²) in [7, 11) is 0. The summed E-state index contributed by atoms with van der Waals surface area (Å²) >= 11 is 0. The Morgan fingerprint density at radius 3 is 0.693 bits per heavy atom. The van der Waals surface area contributed by atoms with E-state index in [4.69, 9.17) is 47.9 Å². The van der Waals surface area contributed by atoms with Crippen molar-refractivity contribution in [2.75, 3.05) is 26.4 Å². The van der Waals surface area contributed by atoms with Crippen LogP contribution in [0.3, 0.4) is 0 Å². The SMILES string of the molecule is O[C@@H]1[C@H](O)COC(Oc2ccc(-c3c4nc(c(-c5ccc(OC6OC[C@@H](O)[C@@H](O)[C@@H]6O)cc5)c5ccc([nH]5)c(-c5ccc(OC6OC[C@@H](O)[C@@H](O)[C@@H]6O)cc5)c5nc(c(-c6ccc(OC7OC[C@@H](O)[C@@H](O)[C@@H]7O)cc6)c6ccc3[nH]6)CC5)CC4)cc2)[C@H]1O. The number of fused-ring (bicyclic) bond motifs is 8. The maximum Gasteiger partial charge on any atom is 0.228 e. The summed E-state index contributed by atoms with van der Waals surface area (Å²) in [5.74, 6) is 1.30. The molecule has 4 fully saturated rings. The molecular weight excluding hydrogens is 1140 g/mol. The molecule has 3 aromatic heterocycles. The Morgan fingerprint density at radius 2 is 0.489 bits per heavy atom.